The number of benzene rings is 3. The van der Waals surface area contributed by atoms with E-state index >= 15 is 0 Å². The highest BCUT2D eigenvalue weighted by Gasteiger charge is 2.47. The number of amides is 1. The molecule has 0 radical (unpaired) electrons. The van der Waals surface area contributed by atoms with Crippen molar-refractivity contribution in [1.82, 2.24) is 0 Å². The third-order valence-corrected chi connectivity index (χ3v) is 6.25. The Labute approximate surface area is 215 Å². The van der Waals surface area contributed by atoms with Crippen LogP contribution in [0.5, 0.6) is 17.2 Å². The summed E-state index contributed by atoms with van der Waals surface area (Å²) in [6.45, 7) is 1.97. The molecule has 1 fully saturated rings. The smallest absolute Gasteiger partial charge is 0.300 e. The third kappa shape index (κ3) is 4.45. The molecule has 3 aromatic carbocycles. The summed E-state index contributed by atoms with van der Waals surface area (Å²) in [7, 11) is 1.40. The van der Waals surface area contributed by atoms with Crippen LogP contribution < -0.4 is 14.4 Å². The Bertz CT molecular complexity index is 1410. The van der Waals surface area contributed by atoms with Crippen LogP contribution in [0.25, 0.3) is 5.76 Å². The molecule has 0 aromatic heterocycles. The van der Waals surface area contributed by atoms with Gasteiger partial charge in [0, 0.05) is 11.3 Å². The predicted octanol–water partition coefficient (Wildman–Crippen LogP) is 5.87. The second-order valence-electron chi connectivity index (χ2n) is 7.78. The van der Waals surface area contributed by atoms with Gasteiger partial charge in [-0.2, -0.15) is 0 Å². The van der Waals surface area contributed by atoms with Gasteiger partial charge in [0.05, 0.1) is 35.4 Å². The van der Waals surface area contributed by atoms with E-state index in [1.165, 1.54) is 55.6 Å². The fourth-order valence-electron chi connectivity index (χ4n) is 3.98. The summed E-state index contributed by atoms with van der Waals surface area (Å²) in [6, 6.07) is 11.1. The number of carbonyl (C=O) groups excluding carboxylic acids is 2. The van der Waals surface area contributed by atoms with Gasteiger partial charge in [-0.3, -0.25) is 14.5 Å². The molecule has 7 nitrogen and oxygen atoms in total. The number of carbonyl (C=O) groups is 2. The number of Topliss-reactive ketones (excluding diaryl/α,β-unsaturated/α-hetero) is 1. The van der Waals surface area contributed by atoms with Crippen LogP contribution in [0.15, 0.2) is 60.2 Å². The van der Waals surface area contributed by atoms with E-state index in [0.29, 0.717) is 5.56 Å². The Hall–Kier alpha value is -3.75. The van der Waals surface area contributed by atoms with E-state index in [-0.39, 0.29) is 50.7 Å². The van der Waals surface area contributed by atoms with E-state index in [4.69, 9.17) is 32.7 Å². The van der Waals surface area contributed by atoms with Gasteiger partial charge in [-0.25, -0.2) is 4.39 Å². The largest absolute Gasteiger partial charge is 0.507 e. The van der Waals surface area contributed by atoms with Gasteiger partial charge in [-0.05, 0) is 61.0 Å². The van der Waals surface area contributed by atoms with Gasteiger partial charge in [0.15, 0.2) is 11.5 Å². The number of aliphatic hydroxyl groups excluding tert-OH is 1. The highest BCUT2D eigenvalue weighted by atomic mass is 35.5. The fraction of sp³-hybridized carbons (Fsp3) is 0.154. The third-order valence-electron chi connectivity index (χ3n) is 5.65. The molecule has 1 saturated heterocycles. The highest BCUT2D eigenvalue weighted by Crippen LogP contribution is 2.45. The molecule has 1 aliphatic heterocycles. The number of halogens is 3. The normalized spacial score (nSPS) is 16.9. The number of methoxy groups -OCH3 is 1. The van der Waals surface area contributed by atoms with Crippen molar-refractivity contribution in [3.63, 3.8) is 0 Å². The number of aromatic hydroxyl groups is 1. The Morgan fingerprint density at radius 2 is 1.78 bits per heavy atom. The number of ether oxygens (including phenoxy) is 2. The zero-order valence-electron chi connectivity index (χ0n) is 19.1. The molecule has 0 bridgehead atoms. The molecule has 1 aliphatic rings. The summed E-state index contributed by atoms with van der Waals surface area (Å²) >= 11 is 12.1. The maximum absolute atomic E-state index is 13.9. The Kier molecular flexibility index (Phi) is 7.10. The summed E-state index contributed by atoms with van der Waals surface area (Å²) in [4.78, 5) is 27.6. The van der Waals surface area contributed by atoms with Crippen LogP contribution >= 0.6 is 23.2 Å². The van der Waals surface area contributed by atoms with Crippen molar-refractivity contribution in [2.75, 3.05) is 18.6 Å². The first kappa shape index (κ1) is 25.3. The number of rotatable bonds is 6. The molecule has 1 amide bonds. The van der Waals surface area contributed by atoms with Crippen molar-refractivity contribution in [3.8, 4) is 17.2 Å². The number of aliphatic hydroxyl groups is 1. The van der Waals surface area contributed by atoms with Gasteiger partial charge in [0.1, 0.15) is 17.3 Å². The number of nitrogens with zero attached hydrogens (tertiary/aromatic N) is 1. The van der Waals surface area contributed by atoms with Crippen LogP contribution in [0.3, 0.4) is 0 Å². The lowest BCUT2D eigenvalue weighted by Gasteiger charge is -2.26. The molecule has 186 valence electrons. The number of hydrogen-bond acceptors (Lipinski definition) is 6. The molecule has 0 aliphatic carbocycles. The molecule has 1 heterocycles. The SMILES string of the molecule is CCOc1cc(C2/C(=C(\O)c3ccc(Cl)c(OC)c3)C(=O)C(=O)N2c2ccc(F)c(Cl)c2)ccc1O. The molecular weight excluding hydrogens is 512 g/mol. The van der Waals surface area contributed by atoms with E-state index in [9.17, 15) is 24.2 Å². The van der Waals surface area contributed by atoms with Crippen LogP contribution in [0.4, 0.5) is 10.1 Å². The topological polar surface area (TPSA) is 96.3 Å². The van der Waals surface area contributed by atoms with E-state index < -0.39 is 29.3 Å². The number of phenolic OH excluding ortho intramolecular Hbond substituents is 1. The van der Waals surface area contributed by atoms with Crippen LogP contribution in [-0.2, 0) is 9.59 Å². The average Bonchev–Trinajstić information content (AvgIpc) is 3.12. The van der Waals surface area contributed by atoms with E-state index in [1.54, 1.807) is 6.92 Å². The first-order valence-corrected chi connectivity index (χ1v) is 11.5. The van der Waals surface area contributed by atoms with Crippen molar-refractivity contribution in [1.29, 1.82) is 0 Å². The van der Waals surface area contributed by atoms with Gasteiger partial charge >= 0.3 is 0 Å². The Balaban J connectivity index is 1.98. The second-order valence-corrected chi connectivity index (χ2v) is 8.59. The fourth-order valence-corrected chi connectivity index (χ4v) is 4.35. The predicted molar refractivity (Wildman–Crippen MR) is 133 cm³/mol. The minimum Gasteiger partial charge on any atom is -0.507 e. The summed E-state index contributed by atoms with van der Waals surface area (Å²) in [5.74, 6) is -2.90. The first-order chi connectivity index (χ1) is 17.2. The lowest BCUT2D eigenvalue weighted by Crippen LogP contribution is -2.29. The molecule has 2 N–H and O–H groups in total. The minimum atomic E-state index is -1.16. The molecule has 1 unspecified atom stereocenters. The number of hydrogen-bond donors (Lipinski definition) is 2. The van der Waals surface area contributed by atoms with E-state index in [2.05, 4.69) is 0 Å². The van der Waals surface area contributed by atoms with Crippen LogP contribution in [0.2, 0.25) is 10.0 Å². The van der Waals surface area contributed by atoms with E-state index in [1.807, 2.05) is 0 Å². The van der Waals surface area contributed by atoms with Gasteiger partial charge in [0.2, 0.25) is 0 Å². The highest BCUT2D eigenvalue weighted by molar-refractivity contribution is 6.52. The molecule has 3 aromatic rings. The van der Waals surface area contributed by atoms with E-state index in [0.717, 1.165) is 11.0 Å². The van der Waals surface area contributed by atoms with Crippen LogP contribution in [0, 0.1) is 5.82 Å². The molecule has 4 rings (SSSR count). The zero-order valence-corrected chi connectivity index (χ0v) is 20.6. The molecule has 0 spiro atoms. The quantitative estimate of drug-likeness (QED) is 0.234. The molecule has 36 heavy (non-hydrogen) atoms. The first-order valence-electron chi connectivity index (χ1n) is 10.7. The molecule has 10 heteroatoms. The zero-order chi connectivity index (χ0) is 26.1. The summed E-state index contributed by atoms with van der Waals surface area (Å²) in [6.07, 6.45) is 0. The molecule has 1 atom stereocenters. The Morgan fingerprint density at radius 1 is 1.03 bits per heavy atom. The molecular formula is C26H20Cl2FNO6. The van der Waals surface area contributed by atoms with Crippen molar-refractivity contribution in [2.45, 2.75) is 13.0 Å². The lowest BCUT2D eigenvalue weighted by atomic mass is 9.94. The molecule has 0 saturated carbocycles. The minimum absolute atomic E-state index is 0.117. The van der Waals surface area contributed by atoms with Gasteiger partial charge in [0.25, 0.3) is 11.7 Å². The number of ketones is 1. The average molecular weight is 532 g/mol. The van der Waals surface area contributed by atoms with Crippen molar-refractivity contribution < 1.29 is 33.7 Å². The number of phenols is 1. The monoisotopic (exact) mass is 531 g/mol. The maximum Gasteiger partial charge on any atom is 0.300 e. The Morgan fingerprint density at radius 3 is 2.44 bits per heavy atom. The number of anilines is 1. The lowest BCUT2D eigenvalue weighted by molar-refractivity contribution is -0.132. The standard InChI is InChI=1S/C26H20Cl2FNO6/c1-3-36-21-10-13(5-9-19(21)31)23-22(24(32)14-4-7-16(27)20(11-14)35-2)25(33)26(34)30(23)15-6-8-18(29)17(28)12-15/h4-12,23,31-32H,3H2,1-2H3/b24-22+. The van der Waals surface area contributed by atoms with Crippen molar-refractivity contribution >= 4 is 46.3 Å². The second kappa shape index (κ2) is 10.1. The summed E-state index contributed by atoms with van der Waals surface area (Å²) in [5, 5.41) is 21.5. The van der Waals surface area contributed by atoms with Gasteiger partial charge in [-0.1, -0.05) is 29.3 Å². The van der Waals surface area contributed by atoms with Gasteiger partial charge in [-0.15, -0.1) is 0 Å². The maximum atomic E-state index is 13.9. The van der Waals surface area contributed by atoms with Crippen molar-refractivity contribution in [2.24, 2.45) is 0 Å². The van der Waals surface area contributed by atoms with Gasteiger partial charge < -0.3 is 19.7 Å². The van der Waals surface area contributed by atoms with Crippen LogP contribution in [0.1, 0.15) is 24.1 Å². The summed E-state index contributed by atoms with van der Waals surface area (Å²) in [5.41, 5.74) is 0.420. The van der Waals surface area contributed by atoms with Crippen LogP contribution in [-0.4, -0.2) is 35.6 Å². The van der Waals surface area contributed by atoms with Crippen molar-refractivity contribution in [3.05, 3.63) is 87.2 Å². The summed E-state index contributed by atoms with van der Waals surface area (Å²) < 4.78 is 24.6.